The molecule has 0 saturated heterocycles. The fraction of sp³-hybridized carbons (Fsp3) is 0.0625. The Hall–Kier alpha value is -6.65. The second-order valence-corrected chi connectivity index (χ2v) is 14.0. The Kier molecular flexibility index (Phi) is 6.80. The van der Waals surface area contributed by atoms with Gasteiger partial charge in [-0.05, 0) is 63.7 Å². The molecular weight excluding hydrogens is 633 g/mol. The molecule has 246 valence electrons. The van der Waals surface area contributed by atoms with Crippen LogP contribution in [0.25, 0.3) is 83.9 Å². The van der Waals surface area contributed by atoms with Gasteiger partial charge in [0, 0.05) is 38.6 Å². The third-order valence-electron chi connectivity index (χ3n) is 10.7. The van der Waals surface area contributed by atoms with Crippen molar-refractivity contribution in [1.82, 2.24) is 19.5 Å². The molecule has 4 heteroatoms. The monoisotopic (exact) mass is 666 g/mol. The van der Waals surface area contributed by atoms with E-state index in [2.05, 4.69) is 152 Å². The summed E-state index contributed by atoms with van der Waals surface area (Å²) in [6.45, 7) is 4.68. The molecule has 0 fully saturated rings. The van der Waals surface area contributed by atoms with E-state index in [1.54, 1.807) is 0 Å². The zero-order valence-electron chi connectivity index (χ0n) is 29.0. The minimum Gasteiger partial charge on any atom is -0.309 e. The molecule has 0 bridgehead atoms. The molecule has 1 aliphatic carbocycles. The molecule has 0 saturated carbocycles. The summed E-state index contributed by atoms with van der Waals surface area (Å²) >= 11 is 0. The van der Waals surface area contributed by atoms with E-state index in [0.717, 1.165) is 22.4 Å². The summed E-state index contributed by atoms with van der Waals surface area (Å²) in [6, 6.07) is 60.1. The standard InChI is InChI=1S/C48H34N4/c1-48(2)39-25-14-24-38(47-50-45(31-16-6-3-7-17-31)49-46(51-47)32-18-8-4-9-19-32)43(39)36-29-28-33(30-40(36)48)35-23-15-27-42-44(35)37-22-12-13-26-41(37)52(42)34-20-10-5-11-21-34/h3-30H,1-2H3. The molecule has 0 spiro atoms. The van der Waals surface area contributed by atoms with Gasteiger partial charge in [-0.15, -0.1) is 0 Å². The lowest BCUT2D eigenvalue weighted by molar-refractivity contribution is 0.660. The summed E-state index contributed by atoms with van der Waals surface area (Å²) < 4.78 is 2.38. The molecule has 7 aromatic carbocycles. The second-order valence-electron chi connectivity index (χ2n) is 14.0. The number of fused-ring (bicyclic) bond motifs is 6. The lowest BCUT2D eigenvalue weighted by Gasteiger charge is -2.22. The first-order valence-corrected chi connectivity index (χ1v) is 17.8. The summed E-state index contributed by atoms with van der Waals surface area (Å²) in [5, 5.41) is 2.52. The number of hydrogen-bond donors (Lipinski definition) is 0. The molecule has 9 aromatic rings. The smallest absolute Gasteiger partial charge is 0.164 e. The van der Waals surface area contributed by atoms with Crippen molar-refractivity contribution in [2.24, 2.45) is 0 Å². The van der Waals surface area contributed by atoms with E-state index in [0.29, 0.717) is 17.5 Å². The summed E-state index contributed by atoms with van der Waals surface area (Å²) in [4.78, 5) is 15.2. The van der Waals surface area contributed by atoms with Gasteiger partial charge < -0.3 is 4.57 Å². The van der Waals surface area contributed by atoms with Crippen molar-refractivity contribution in [3.05, 3.63) is 181 Å². The maximum absolute atomic E-state index is 5.13. The van der Waals surface area contributed by atoms with Gasteiger partial charge in [-0.1, -0.05) is 153 Å². The summed E-state index contributed by atoms with van der Waals surface area (Å²) in [5.41, 5.74) is 13.7. The van der Waals surface area contributed by atoms with Crippen LogP contribution in [-0.2, 0) is 5.41 Å². The van der Waals surface area contributed by atoms with Crippen LogP contribution in [0.5, 0.6) is 0 Å². The predicted octanol–water partition coefficient (Wildman–Crippen LogP) is 11.9. The molecule has 1 aliphatic rings. The summed E-state index contributed by atoms with van der Waals surface area (Å²) in [6.07, 6.45) is 0. The second kappa shape index (κ2) is 11.7. The van der Waals surface area contributed by atoms with Crippen molar-refractivity contribution in [2.45, 2.75) is 19.3 Å². The van der Waals surface area contributed by atoms with Crippen molar-refractivity contribution in [2.75, 3.05) is 0 Å². The van der Waals surface area contributed by atoms with Crippen LogP contribution < -0.4 is 0 Å². The predicted molar refractivity (Wildman–Crippen MR) is 213 cm³/mol. The average molecular weight is 667 g/mol. The molecule has 0 atom stereocenters. The molecule has 0 radical (unpaired) electrons. The van der Waals surface area contributed by atoms with Crippen LogP contribution in [0.15, 0.2) is 170 Å². The van der Waals surface area contributed by atoms with Gasteiger partial charge in [0.15, 0.2) is 17.5 Å². The lowest BCUT2D eigenvalue weighted by atomic mass is 9.81. The first-order valence-electron chi connectivity index (χ1n) is 17.8. The highest BCUT2D eigenvalue weighted by molar-refractivity contribution is 6.16. The molecule has 2 heterocycles. The Morgan fingerprint density at radius 1 is 0.423 bits per heavy atom. The van der Waals surface area contributed by atoms with Crippen LogP contribution in [0.2, 0.25) is 0 Å². The van der Waals surface area contributed by atoms with E-state index >= 15 is 0 Å². The number of hydrogen-bond acceptors (Lipinski definition) is 3. The van der Waals surface area contributed by atoms with Crippen molar-refractivity contribution >= 4 is 21.8 Å². The Balaban J connectivity index is 1.16. The van der Waals surface area contributed by atoms with Gasteiger partial charge in [0.2, 0.25) is 0 Å². The number of para-hydroxylation sites is 2. The van der Waals surface area contributed by atoms with E-state index in [1.165, 1.54) is 55.2 Å². The highest BCUT2D eigenvalue weighted by Crippen LogP contribution is 2.53. The molecule has 52 heavy (non-hydrogen) atoms. The van der Waals surface area contributed by atoms with Crippen molar-refractivity contribution in [3.8, 4) is 62.1 Å². The Bertz CT molecular complexity index is 2740. The van der Waals surface area contributed by atoms with Gasteiger partial charge in [0.05, 0.1) is 11.0 Å². The Morgan fingerprint density at radius 2 is 1.00 bits per heavy atom. The first-order chi connectivity index (χ1) is 25.6. The fourth-order valence-corrected chi connectivity index (χ4v) is 8.19. The molecule has 10 rings (SSSR count). The van der Waals surface area contributed by atoms with E-state index in [9.17, 15) is 0 Å². The molecule has 0 unspecified atom stereocenters. The lowest BCUT2D eigenvalue weighted by Crippen LogP contribution is -2.15. The highest BCUT2D eigenvalue weighted by atomic mass is 15.0. The largest absolute Gasteiger partial charge is 0.309 e. The molecular formula is C48H34N4. The minimum absolute atomic E-state index is 0.236. The quantitative estimate of drug-likeness (QED) is 0.184. The van der Waals surface area contributed by atoms with Crippen LogP contribution in [0.3, 0.4) is 0 Å². The number of rotatable bonds is 5. The highest BCUT2D eigenvalue weighted by Gasteiger charge is 2.38. The zero-order valence-corrected chi connectivity index (χ0v) is 29.0. The van der Waals surface area contributed by atoms with E-state index in [-0.39, 0.29) is 5.41 Å². The van der Waals surface area contributed by atoms with Gasteiger partial charge in [0.25, 0.3) is 0 Å². The number of aromatic nitrogens is 4. The maximum Gasteiger partial charge on any atom is 0.164 e. The minimum atomic E-state index is -0.236. The number of benzene rings is 7. The SMILES string of the molecule is CC1(C)c2cc(-c3cccc4c3c3ccccc3n4-c3ccccc3)ccc2-c2c(-c3nc(-c4ccccc4)nc(-c4ccccc4)n3)cccc21. The zero-order chi connectivity index (χ0) is 34.8. The normalized spacial score (nSPS) is 13.0. The average Bonchev–Trinajstić information content (AvgIpc) is 3.67. The van der Waals surface area contributed by atoms with Gasteiger partial charge in [-0.25, -0.2) is 15.0 Å². The first kappa shape index (κ1) is 30.2. The third kappa shape index (κ3) is 4.65. The van der Waals surface area contributed by atoms with Crippen molar-refractivity contribution in [1.29, 1.82) is 0 Å². The fourth-order valence-electron chi connectivity index (χ4n) is 8.19. The van der Waals surface area contributed by atoms with Crippen LogP contribution >= 0.6 is 0 Å². The molecule has 4 nitrogen and oxygen atoms in total. The molecule has 0 aliphatic heterocycles. The molecule has 0 N–H and O–H groups in total. The van der Waals surface area contributed by atoms with Gasteiger partial charge in [-0.2, -0.15) is 0 Å². The van der Waals surface area contributed by atoms with Gasteiger partial charge in [0.1, 0.15) is 0 Å². The van der Waals surface area contributed by atoms with E-state index in [4.69, 9.17) is 15.0 Å². The van der Waals surface area contributed by atoms with Crippen molar-refractivity contribution in [3.63, 3.8) is 0 Å². The van der Waals surface area contributed by atoms with Crippen LogP contribution in [0.1, 0.15) is 25.0 Å². The van der Waals surface area contributed by atoms with Gasteiger partial charge in [-0.3, -0.25) is 0 Å². The Morgan fingerprint density at radius 3 is 1.71 bits per heavy atom. The molecule has 0 amide bonds. The van der Waals surface area contributed by atoms with Crippen LogP contribution in [0, 0.1) is 0 Å². The molecule has 2 aromatic heterocycles. The maximum atomic E-state index is 5.13. The number of nitrogens with zero attached hydrogens (tertiary/aromatic N) is 4. The van der Waals surface area contributed by atoms with Crippen LogP contribution in [-0.4, -0.2) is 19.5 Å². The van der Waals surface area contributed by atoms with Crippen molar-refractivity contribution < 1.29 is 0 Å². The third-order valence-corrected chi connectivity index (χ3v) is 10.7. The summed E-state index contributed by atoms with van der Waals surface area (Å²) in [7, 11) is 0. The van der Waals surface area contributed by atoms with Gasteiger partial charge >= 0.3 is 0 Å². The van der Waals surface area contributed by atoms with Crippen LogP contribution in [0.4, 0.5) is 0 Å². The topological polar surface area (TPSA) is 43.6 Å². The Labute approximate surface area is 302 Å². The summed E-state index contributed by atoms with van der Waals surface area (Å²) in [5.74, 6) is 2.01. The van der Waals surface area contributed by atoms with E-state index in [1.807, 2.05) is 36.4 Å². The van der Waals surface area contributed by atoms with E-state index < -0.39 is 0 Å².